The van der Waals surface area contributed by atoms with Gasteiger partial charge in [0, 0.05) is 24.4 Å². The van der Waals surface area contributed by atoms with E-state index in [2.05, 4.69) is 5.32 Å². The molecule has 1 heterocycles. The quantitative estimate of drug-likeness (QED) is 0.371. The first-order valence-electron chi connectivity index (χ1n) is 6.65. The number of non-ortho nitro benzene ring substituents is 1. The molecule has 0 atom stereocenters. The average Bonchev–Trinajstić information content (AvgIpc) is 2.48. The molecule has 0 aromatic heterocycles. The second-order valence-corrected chi connectivity index (χ2v) is 4.72. The summed E-state index contributed by atoms with van der Waals surface area (Å²) < 4.78 is 5.20. The highest BCUT2D eigenvalue weighted by Crippen LogP contribution is 2.19. The average molecular weight is 291 g/mol. The number of nitrogens with zero attached hydrogens (tertiary/aromatic N) is 1. The predicted molar refractivity (Wildman–Crippen MR) is 78.0 cm³/mol. The van der Waals surface area contributed by atoms with Gasteiger partial charge in [0.05, 0.1) is 23.7 Å². The van der Waals surface area contributed by atoms with Gasteiger partial charge < -0.3 is 15.8 Å². The molecule has 3 N–H and O–H groups in total. The Balaban J connectivity index is 1.95. The maximum absolute atomic E-state index is 12.0. The van der Waals surface area contributed by atoms with Gasteiger partial charge in [0.2, 0.25) is 0 Å². The van der Waals surface area contributed by atoms with Crippen molar-refractivity contribution >= 4 is 17.3 Å². The van der Waals surface area contributed by atoms with Gasteiger partial charge in [-0.3, -0.25) is 14.9 Å². The van der Waals surface area contributed by atoms with Crippen molar-refractivity contribution < 1.29 is 14.5 Å². The molecule has 1 aromatic carbocycles. The Kier molecular flexibility index (Phi) is 4.89. The molecule has 1 aliphatic heterocycles. The third-order valence-electron chi connectivity index (χ3n) is 3.28. The third kappa shape index (κ3) is 4.03. The van der Waals surface area contributed by atoms with E-state index >= 15 is 0 Å². The molecule has 0 fully saturated rings. The lowest BCUT2D eigenvalue weighted by atomic mass is 10.1. The fraction of sp³-hybridized carbons (Fsp3) is 0.357. The highest BCUT2D eigenvalue weighted by atomic mass is 16.6. The van der Waals surface area contributed by atoms with Crippen molar-refractivity contribution in [2.45, 2.75) is 12.8 Å². The van der Waals surface area contributed by atoms with E-state index in [0.717, 1.165) is 12.8 Å². The summed E-state index contributed by atoms with van der Waals surface area (Å²) in [7, 11) is 0. The number of nitro benzene ring substituents is 1. The maximum Gasteiger partial charge on any atom is 0.270 e. The molecule has 0 unspecified atom stereocenters. The number of benzene rings is 1. The van der Waals surface area contributed by atoms with E-state index in [-0.39, 0.29) is 16.9 Å². The number of carbonyl (C=O) groups is 1. The second kappa shape index (κ2) is 6.85. The summed E-state index contributed by atoms with van der Waals surface area (Å²) in [6, 6.07) is 3.84. The van der Waals surface area contributed by atoms with E-state index in [1.165, 1.54) is 23.8 Å². The van der Waals surface area contributed by atoms with Crippen LogP contribution in [0.4, 0.5) is 11.4 Å². The second-order valence-electron chi connectivity index (χ2n) is 4.72. The molecule has 0 bridgehead atoms. The van der Waals surface area contributed by atoms with Crippen molar-refractivity contribution in [3.05, 3.63) is 45.5 Å². The third-order valence-corrected chi connectivity index (χ3v) is 3.28. The van der Waals surface area contributed by atoms with Crippen LogP contribution in [0.5, 0.6) is 0 Å². The van der Waals surface area contributed by atoms with Crippen molar-refractivity contribution in [1.82, 2.24) is 5.32 Å². The molecule has 0 aliphatic carbocycles. The minimum Gasteiger partial charge on any atom is -0.398 e. The summed E-state index contributed by atoms with van der Waals surface area (Å²) in [6.07, 6.45) is 3.62. The summed E-state index contributed by atoms with van der Waals surface area (Å²) in [5.74, 6) is -0.399. The Hall–Kier alpha value is -2.41. The highest BCUT2D eigenvalue weighted by Gasteiger charge is 2.15. The van der Waals surface area contributed by atoms with E-state index in [1.807, 2.05) is 6.08 Å². The number of rotatable bonds is 5. The smallest absolute Gasteiger partial charge is 0.270 e. The van der Waals surface area contributed by atoms with E-state index in [0.29, 0.717) is 19.8 Å². The number of hydrogen-bond acceptors (Lipinski definition) is 5. The van der Waals surface area contributed by atoms with Gasteiger partial charge >= 0.3 is 0 Å². The monoisotopic (exact) mass is 291 g/mol. The molecule has 0 saturated carbocycles. The lowest BCUT2D eigenvalue weighted by molar-refractivity contribution is -0.384. The normalized spacial score (nSPS) is 14.4. The van der Waals surface area contributed by atoms with Gasteiger partial charge in [-0.1, -0.05) is 11.6 Å². The first-order valence-corrected chi connectivity index (χ1v) is 6.65. The van der Waals surface area contributed by atoms with E-state index in [9.17, 15) is 14.9 Å². The lowest BCUT2D eigenvalue weighted by Gasteiger charge is -2.14. The zero-order valence-corrected chi connectivity index (χ0v) is 11.5. The van der Waals surface area contributed by atoms with Crippen LogP contribution in [0.1, 0.15) is 23.2 Å². The predicted octanol–water partition coefficient (Wildman–Crippen LogP) is 1.64. The molecule has 0 saturated heterocycles. The van der Waals surface area contributed by atoms with Crippen LogP contribution in [0.2, 0.25) is 0 Å². The summed E-state index contributed by atoms with van der Waals surface area (Å²) in [4.78, 5) is 22.2. The number of anilines is 1. The number of nitrogens with one attached hydrogen (secondary N) is 1. The van der Waals surface area contributed by atoms with Crippen molar-refractivity contribution in [1.29, 1.82) is 0 Å². The molecular weight excluding hydrogens is 274 g/mol. The fourth-order valence-electron chi connectivity index (χ4n) is 2.08. The maximum atomic E-state index is 12.0. The van der Waals surface area contributed by atoms with Gasteiger partial charge in [0.1, 0.15) is 0 Å². The molecule has 1 aromatic rings. The minimum absolute atomic E-state index is 0.130. The van der Waals surface area contributed by atoms with Crippen molar-refractivity contribution in [2.24, 2.45) is 0 Å². The molecule has 7 heteroatoms. The number of ether oxygens (including phenoxy) is 1. The van der Waals surface area contributed by atoms with Gasteiger partial charge in [-0.05, 0) is 18.9 Å². The van der Waals surface area contributed by atoms with Crippen molar-refractivity contribution in [2.75, 3.05) is 25.5 Å². The molecule has 21 heavy (non-hydrogen) atoms. The Bertz CT molecular complexity index is 584. The minimum atomic E-state index is -0.553. The Morgan fingerprint density at radius 1 is 1.48 bits per heavy atom. The van der Waals surface area contributed by atoms with Crippen LogP contribution in [-0.4, -0.2) is 30.6 Å². The number of carbonyl (C=O) groups excluding carboxylic acids is 1. The molecular formula is C14H17N3O4. The number of nitrogens with two attached hydrogens (primary N) is 1. The van der Waals surface area contributed by atoms with E-state index in [1.54, 1.807) is 0 Å². The van der Waals surface area contributed by atoms with Crippen LogP contribution in [0.25, 0.3) is 0 Å². The summed E-state index contributed by atoms with van der Waals surface area (Å²) in [5.41, 5.74) is 7.14. The van der Waals surface area contributed by atoms with Gasteiger partial charge in [-0.2, -0.15) is 0 Å². The van der Waals surface area contributed by atoms with E-state index < -0.39 is 10.8 Å². The summed E-state index contributed by atoms with van der Waals surface area (Å²) >= 11 is 0. The zero-order chi connectivity index (χ0) is 15.2. The number of nitrogen functional groups attached to an aromatic ring is 1. The molecule has 1 aliphatic rings. The molecule has 0 spiro atoms. The Morgan fingerprint density at radius 2 is 2.29 bits per heavy atom. The highest BCUT2D eigenvalue weighted by molar-refractivity contribution is 5.99. The Labute approximate surface area is 121 Å². The van der Waals surface area contributed by atoms with Gasteiger partial charge in [-0.15, -0.1) is 0 Å². The molecule has 1 amide bonds. The molecule has 0 radical (unpaired) electrons. The number of hydrogen-bond donors (Lipinski definition) is 2. The van der Waals surface area contributed by atoms with Gasteiger partial charge in [-0.25, -0.2) is 0 Å². The van der Waals surface area contributed by atoms with Crippen molar-refractivity contribution in [3.8, 4) is 0 Å². The summed E-state index contributed by atoms with van der Waals surface area (Å²) in [6.45, 7) is 1.78. The number of nitro groups is 1. The van der Waals surface area contributed by atoms with Gasteiger partial charge in [0.25, 0.3) is 11.6 Å². The van der Waals surface area contributed by atoms with Crippen LogP contribution in [0.15, 0.2) is 29.8 Å². The summed E-state index contributed by atoms with van der Waals surface area (Å²) in [5, 5.41) is 13.5. The van der Waals surface area contributed by atoms with Gasteiger partial charge in [0.15, 0.2) is 0 Å². The largest absolute Gasteiger partial charge is 0.398 e. The molecule has 112 valence electrons. The van der Waals surface area contributed by atoms with Crippen LogP contribution < -0.4 is 11.1 Å². The Morgan fingerprint density at radius 3 is 2.95 bits per heavy atom. The topological polar surface area (TPSA) is 107 Å². The SMILES string of the molecule is Nc1ccc([N+](=O)[O-])cc1C(=O)NCCC1=CCOCC1. The van der Waals surface area contributed by atoms with Crippen molar-refractivity contribution in [3.63, 3.8) is 0 Å². The van der Waals surface area contributed by atoms with E-state index in [4.69, 9.17) is 10.5 Å². The standard InChI is InChI=1S/C14H17N3O4/c15-13-2-1-11(17(19)20)9-12(13)14(18)16-6-3-10-4-7-21-8-5-10/h1-2,4,9H,3,5-8,15H2,(H,16,18). The van der Waals surface area contributed by atoms with Crippen LogP contribution in [-0.2, 0) is 4.74 Å². The molecule has 7 nitrogen and oxygen atoms in total. The number of amides is 1. The van der Waals surface area contributed by atoms with Crippen LogP contribution in [0.3, 0.4) is 0 Å². The lowest BCUT2D eigenvalue weighted by Crippen LogP contribution is -2.26. The zero-order valence-electron chi connectivity index (χ0n) is 11.5. The van der Waals surface area contributed by atoms with Crippen LogP contribution in [0, 0.1) is 10.1 Å². The first kappa shape index (κ1) is 15.0. The first-order chi connectivity index (χ1) is 10.1. The fourth-order valence-corrected chi connectivity index (χ4v) is 2.08. The molecule has 2 rings (SSSR count). The van der Waals surface area contributed by atoms with Crippen LogP contribution >= 0.6 is 0 Å².